The Kier molecular flexibility index (Phi) is 14.7. The van der Waals surface area contributed by atoms with Crippen LogP contribution >= 0.6 is 0 Å². The summed E-state index contributed by atoms with van der Waals surface area (Å²) in [5.74, 6) is 1.25. The Morgan fingerprint density at radius 3 is 1.36 bits per heavy atom. The standard InChI is InChI=1S/C43H75NO6/c1-40(2)32-25-27-42(40,5)35(30-32)49-38(46)22-17-13-9-11-15-20-34(48-37(45)24-19-29-44(7)8)21-16-12-10-14-18-23-39(47)50-36-31-33-26-28-43(36,6)41(33,3)4/h32-36H,9-31H2,1-8H3. The van der Waals surface area contributed by atoms with Crippen LogP contribution in [0.25, 0.3) is 0 Å². The van der Waals surface area contributed by atoms with E-state index in [-0.39, 0.29) is 57.9 Å². The van der Waals surface area contributed by atoms with Crippen LogP contribution in [0.15, 0.2) is 0 Å². The van der Waals surface area contributed by atoms with Crippen LogP contribution in [0.2, 0.25) is 0 Å². The lowest BCUT2D eigenvalue weighted by Crippen LogP contribution is -2.38. The zero-order valence-electron chi connectivity index (χ0n) is 33.5. The number of carbonyl (C=O) groups excluding carboxylic acids is 3. The van der Waals surface area contributed by atoms with Crippen molar-refractivity contribution in [3.05, 3.63) is 0 Å². The number of hydrogen-bond acceptors (Lipinski definition) is 7. The average molecular weight is 702 g/mol. The quantitative estimate of drug-likeness (QED) is 0.0596. The molecule has 0 saturated heterocycles. The van der Waals surface area contributed by atoms with Crippen LogP contribution in [-0.2, 0) is 28.6 Å². The summed E-state index contributed by atoms with van der Waals surface area (Å²) in [6.45, 7) is 15.0. The molecule has 0 aliphatic heterocycles. The van der Waals surface area contributed by atoms with E-state index < -0.39 is 0 Å². The predicted molar refractivity (Wildman–Crippen MR) is 201 cm³/mol. The maximum Gasteiger partial charge on any atom is 0.306 e. The first kappa shape index (κ1) is 41.1. The normalized spacial score (nSPS) is 30.9. The number of hydrogen-bond donors (Lipinski definition) is 0. The van der Waals surface area contributed by atoms with E-state index in [1.807, 2.05) is 14.1 Å². The first-order valence-corrected chi connectivity index (χ1v) is 20.8. The van der Waals surface area contributed by atoms with Crippen LogP contribution < -0.4 is 0 Å². The Hall–Kier alpha value is -1.63. The van der Waals surface area contributed by atoms with Crippen molar-refractivity contribution in [2.24, 2.45) is 33.5 Å². The van der Waals surface area contributed by atoms with Gasteiger partial charge in [-0.25, -0.2) is 0 Å². The Bertz CT molecular complexity index is 1040. The summed E-state index contributed by atoms with van der Waals surface area (Å²) in [6.07, 6.45) is 21.5. The van der Waals surface area contributed by atoms with Crippen LogP contribution in [0.3, 0.4) is 0 Å². The molecule has 0 N–H and O–H groups in total. The van der Waals surface area contributed by atoms with Gasteiger partial charge in [-0.05, 0) is 127 Å². The van der Waals surface area contributed by atoms with E-state index in [0.29, 0.717) is 31.1 Å². The van der Waals surface area contributed by atoms with Gasteiger partial charge in [0.05, 0.1) is 0 Å². The molecular formula is C43H75NO6. The summed E-state index contributed by atoms with van der Waals surface area (Å²) in [5.41, 5.74) is 0.776. The molecule has 50 heavy (non-hydrogen) atoms. The largest absolute Gasteiger partial charge is 0.462 e. The van der Waals surface area contributed by atoms with Crippen molar-refractivity contribution >= 4 is 17.9 Å². The molecule has 6 atom stereocenters. The van der Waals surface area contributed by atoms with Gasteiger partial charge in [-0.3, -0.25) is 14.4 Å². The Morgan fingerprint density at radius 2 is 0.980 bits per heavy atom. The van der Waals surface area contributed by atoms with E-state index in [0.717, 1.165) is 103 Å². The van der Waals surface area contributed by atoms with Gasteiger partial charge in [0.1, 0.15) is 18.3 Å². The second-order valence-electron chi connectivity index (χ2n) is 18.8. The van der Waals surface area contributed by atoms with Crippen molar-refractivity contribution in [2.45, 2.75) is 201 Å². The number of nitrogens with zero attached hydrogens (tertiary/aromatic N) is 1. The molecule has 0 amide bonds. The van der Waals surface area contributed by atoms with Crippen LogP contribution in [-0.4, -0.2) is 61.8 Å². The van der Waals surface area contributed by atoms with Gasteiger partial charge >= 0.3 is 17.9 Å². The minimum atomic E-state index is -0.0747. The van der Waals surface area contributed by atoms with E-state index in [4.69, 9.17) is 14.2 Å². The topological polar surface area (TPSA) is 82.1 Å². The molecule has 6 unspecified atom stereocenters. The zero-order valence-corrected chi connectivity index (χ0v) is 33.5. The van der Waals surface area contributed by atoms with E-state index >= 15 is 0 Å². The zero-order chi connectivity index (χ0) is 36.6. The second-order valence-corrected chi connectivity index (χ2v) is 18.8. The van der Waals surface area contributed by atoms with Gasteiger partial charge < -0.3 is 19.1 Å². The lowest BCUT2D eigenvalue weighted by Gasteiger charge is -2.38. The molecule has 4 aliphatic rings. The molecule has 288 valence electrons. The fourth-order valence-corrected chi connectivity index (χ4v) is 10.4. The molecule has 7 heteroatoms. The molecule has 4 aliphatic carbocycles. The fraction of sp³-hybridized carbons (Fsp3) is 0.930. The van der Waals surface area contributed by atoms with Gasteiger partial charge in [0, 0.05) is 30.1 Å². The minimum absolute atomic E-state index is 0.0185. The third-order valence-corrected chi connectivity index (χ3v) is 15.1. The number of unbranched alkanes of at least 4 members (excludes halogenated alkanes) is 8. The highest BCUT2D eigenvalue weighted by Gasteiger charge is 2.63. The molecule has 0 aromatic carbocycles. The van der Waals surface area contributed by atoms with E-state index in [1.54, 1.807) is 0 Å². The summed E-state index contributed by atoms with van der Waals surface area (Å²) in [5, 5.41) is 0. The molecule has 0 radical (unpaired) electrons. The van der Waals surface area contributed by atoms with Crippen molar-refractivity contribution in [1.29, 1.82) is 0 Å². The molecule has 0 heterocycles. The highest BCUT2D eigenvalue weighted by molar-refractivity contribution is 5.70. The van der Waals surface area contributed by atoms with Crippen molar-refractivity contribution in [1.82, 2.24) is 4.90 Å². The van der Waals surface area contributed by atoms with E-state index in [2.05, 4.69) is 46.4 Å². The highest BCUT2D eigenvalue weighted by atomic mass is 16.6. The summed E-state index contributed by atoms with van der Waals surface area (Å²) < 4.78 is 18.0. The van der Waals surface area contributed by atoms with Crippen LogP contribution in [0, 0.1) is 33.5 Å². The molecule has 0 spiro atoms. The highest BCUT2D eigenvalue weighted by Crippen LogP contribution is 2.67. The lowest BCUT2D eigenvalue weighted by molar-refractivity contribution is -0.157. The number of rotatable bonds is 23. The SMILES string of the molecule is CN(C)CCCC(=O)OC(CCCCCCCC(=O)OC1CC2CCC1(C)C2(C)C)CCCCCCCC(=O)OC1CC2CCC1(C)C2(C)C. The molecule has 0 aromatic heterocycles. The number of ether oxygens (including phenoxy) is 3. The average Bonchev–Trinajstić information content (AvgIpc) is 3.55. The van der Waals surface area contributed by atoms with Gasteiger partial charge in [0.2, 0.25) is 0 Å². The smallest absolute Gasteiger partial charge is 0.306 e. The second kappa shape index (κ2) is 17.9. The molecule has 0 aromatic rings. The first-order chi connectivity index (χ1) is 23.6. The molecule has 4 fully saturated rings. The number of carbonyl (C=O) groups is 3. The first-order valence-electron chi connectivity index (χ1n) is 20.8. The minimum Gasteiger partial charge on any atom is -0.462 e. The van der Waals surface area contributed by atoms with Crippen LogP contribution in [0.5, 0.6) is 0 Å². The van der Waals surface area contributed by atoms with Crippen molar-refractivity contribution in [2.75, 3.05) is 20.6 Å². The molecular weight excluding hydrogens is 626 g/mol. The summed E-state index contributed by atoms with van der Waals surface area (Å²) in [4.78, 5) is 40.0. The maximum atomic E-state index is 12.7. The Labute approximate surface area is 306 Å². The van der Waals surface area contributed by atoms with Crippen molar-refractivity contribution < 1.29 is 28.6 Å². The van der Waals surface area contributed by atoms with Gasteiger partial charge in [0.15, 0.2) is 0 Å². The Balaban J connectivity index is 1.06. The van der Waals surface area contributed by atoms with Crippen LogP contribution in [0.1, 0.15) is 183 Å². The van der Waals surface area contributed by atoms with E-state index in [9.17, 15) is 14.4 Å². The molecule has 4 rings (SSSR count). The lowest BCUT2D eigenvalue weighted by atomic mass is 9.70. The third kappa shape index (κ3) is 9.86. The van der Waals surface area contributed by atoms with Gasteiger partial charge in [0.25, 0.3) is 0 Å². The van der Waals surface area contributed by atoms with Crippen molar-refractivity contribution in [3.63, 3.8) is 0 Å². The molecule has 4 saturated carbocycles. The summed E-state index contributed by atoms with van der Waals surface area (Å²) >= 11 is 0. The molecule has 7 nitrogen and oxygen atoms in total. The monoisotopic (exact) mass is 702 g/mol. The number of esters is 3. The molecule has 4 bridgehead atoms. The van der Waals surface area contributed by atoms with Gasteiger partial charge in [-0.2, -0.15) is 0 Å². The van der Waals surface area contributed by atoms with E-state index in [1.165, 1.54) is 25.7 Å². The maximum absolute atomic E-state index is 12.7. The van der Waals surface area contributed by atoms with Gasteiger partial charge in [-0.1, -0.05) is 80.1 Å². The van der Waals surface area contributed by atoms with Gasteiger partial charge in [-0.15, -0.1) is 0 Å². The summed E-state index contributed by atoms with van der Waals surface area (Å²) in [7, 11) is 4.05. The van der Waals surface area contributed by atoms with Crippen molar-refractivity contribution in [3.8, 4) is 0 Å². The third-order valence-electron chi connectivity index (χ3n) is 15.1. The Morgan fingerprint density at radius 1 is 0.580 bits per heavy atom. The fourth-order valence-electron chi connectivity index (χ4n) is 10.4. The summed E-state index contributed by atoms with van der Waals surface area (Å²) in [6, 6.07) is 0. The number of fused-ring (bicyclic) bond motifs is 4. The predicted octanol–water partition coefficient (Wildman–Crippen LogP) is 10.2. The van der Waals surface area contributed by atoms with Crippen LogP contribution in [0.4, 0.5) is 0 Å².